The molecule has 32 heavy (non-hydrogen) atoms. The first-order valence-electron chi connectivity index (χ1n) is 9.78. The van der Waals surface area contributed by atoms with Crippen LogP contribution in [0.2, 0.25) is 0 Å². The summed E-state index contributed by atoms with van der Waals surface area (Å²) in [5.74, 6) is -0.846. The molecule has 1 aromatic carbocycles. The van der Waals surface area contributed by atoms with Gasteiger partial charge in [-0.1, -0.05) is 19.1 Å². The van der Waals surface area contributed by atoms with Gasteiger partial charge in [-0.2, -0.15) is 15.0 Å². The fourth-order valence-electron chi connectivity index (χ4n) is 2.88. The van der Waals surface area contributed by atoms with E-state index in [4.69, 9.17) is 18.9 Å². The van der Waals surface area contributed by atoms with Gasteiger partial charge in [-0.3, -0.25) is 5.32 Å². The summed E-state index contributed by atoms with van der Waals surface area (Å²) in [6.07, 6.45) is 0.734. The summed E-state index contributed by atoms with van der Waals surface area (Å²) in [5.41, 5.74) is 0. The quantitative estimate of drug-likeness (QED) is 0.586. The van der Waals surface area contributed by atoms with E-state index in [1.807, 2.05) is 11.6 Å². The number of anilines is 1. The normalized spacial score (nSPS) is 20.6. The monoisotopic (exact) mass is 467 g/mol. The summed E-state index contributed by atoms with van der Waals surface area (Å²) >= 11 is 0. The number of carbonyl (C=O) groups excluding carboxylic acids is 1. The van der Waals surface area contributed by atoms with E-state index in [0.717, 1.165) is 6.42 Å². The number of nitrogens with one attached hydrogen (secondary N) is 2. The third-order valence-electron chi connectivity index (χ3n) is 4.44. The highest BCUT2D eigenvalue weighted by Crippen LogP contribution is 2.29. The zero-order valence-corrected chi connectivity index (χ0v) is 18.9. The lowest BCUT2D eigenvalue weighted by molar-refractivity contribution is -0.173. The maximum Gasteiger partial charge on any atom is 0.335 e. The standard InChI is InChI=1S/C19H25N5O7S/c1-5-13-10-30-19(3,31-13)11-29-14-8-6-7-9-15(14)32(26,27)24-17(25)22-16-20-12(2)21-18(23-16)28-4/h6-9,13H,5,10-11H2,1-4H3,(H2,20,21,22,23,24,25). The summed E-state index contributed by atoms with van der Waals surface area (Å²) in [6, 6.07) is 4.83. The van der Waals surface area contributed by atoms with E-state index >= 15 is 0 Å². The van der Waals surface area contributed by atoms with Crippen LogP contribution in [0.1, 0.15) is 26.1 Å². The van der Waals surface area contributed by atoms with Crippen LogP contribution in [0.3, 0.4) is 0 Å². The molecule has 1 aliphatic heterocycles. The number of hydrogen-bond donors (Lipinski definition) is 2. The van der Waals surface area contributed by atoms with Crippen molar-refractivity contribution in [3.05, 3.63) is 30.1 Å². The number of methoxy groups -OCH3 is 1. The zero-order chi connectivity index (χ0) is 23.4. The molecule has 0 radical (unpaired) electrons. The number of para-hydroxylation sites is 1. The van der Waals surface area contributed by atoms with Crippen LogP contribution >= 0.6 is 0 Å². The molecule has 3 rings (SSSR count). The molecule has 2 amide bonds. The lowest BCUT2D eigenvalue weighted by Gasteiger charge is -2.24. The SMILES string of the molecule is CCC1COC(C)(COc2ccccc2S(=O)(=O)NC(=O)Nc2nc(C)nc(OC)n2)O1. The van der Waals surface area contributed by atoms with Crippen molar-refractivity contribution in [1.29, 1.82) is 0 Å². The van der Waals surface area contributed by atoms with E-state index in [1.54, 1.807) is 19.9 Å². The average molecular weight is 468 g/mol. The molecular formula is C19H25N5O7S. The summed E-state index contributed by atoms with van der Waals surface area (Å²) < 4.78 is 49.6. The average Bonchev–Trinajstić information content (AvgIpc) is 3.13. The molecular weight excluding hydrogens is 442 g/mol. The van der Waals surface area contributed by atoms with Gasteiger partial charge in [-0.25, -0.2) is 17.9 Å². The first kappa shape index (κ1) is 23.6. The fourth-order valence-corrected chi connectivity index (χ4v) is 3.93. The molecule has 1 aliphatic rings. The Bertz CT molecular complexity index is 1080. The minimum Gasteiger partial charge on any atom is -0.487 e. The Morgan fingerprint density at radius 3 is 2.72 bits per heavy atom. The summed E-state index contributed by atoms with van der Waals surface area (Å²) in [4.78, 5) is 23.7. The van der Waals surface area contributed by atoms with Crippen molar-refractivity contribution >= 4 is 22.0 Å². The van der Waals surface area contributed by atoms with Gasteiger partial charge in [0.15, 0.2) is 5.79 Å². The molecule has 13 heteroatoms. The second-order valence-electron chi connectivity index (χ2n) is 7.08. The van der Waals surface area contributed by atoms with Gasteiger partial charge in [-0.15, -0.1) is 0 Å². The minimum absolute atomic E-state index is 0.0236. The smallest absolute Gasteiger partial charge is 0.335 e. The van der Waals surface area contributed by atoms with Crippen molar-refractivity contribution in [2.24, 2.45) is 0 Å². The minimum atomic E-state index is -4.29. The van der Waals surface area contributed by atoms with E-state index in [2.05, 4.69) is 20.3 Å². The van der Waals surface area contributed by atoms with E-state index in [0.29, 0.717) is 6.61 Å². The Kier molecular flexibility index (Phi) is 7.11. The molecule has 0 saturated carbocycles. The third-order valence-corrected chi connectivity index (χ3v) is 5.81. The van der Waals surface area contributed by atoms with Crippen LogP contribution in [0.25, 0.3) is 0 Å². The molecule has 2 N–H and O–H groups in total. The number of aryl methyl sites for hydroxylation is 1. The number of carbonyl (C=O) groups is 1. The number of ether oxygens (including phenoxy) is 4. The van der Waals surface area contributed by atoms with Gasteiger partial charge in [0, 0.05) is 0 Å². The molecule has 0 spiro atoms. The van der Waals surface area contributed by atoms with E-state index in [-0.39, 0.29) is 41.1 Å². The summed E-state index contributed by atoms with van der Waals surface area (Å²) in [5, 5.41) is 2.24. The molecule has 12 nitrogen and oxygen atoms in total. The van der Waals surface area contributed by atoms with E-state index in [9.17, 15) is 13.2 Å². The van der Waals surface area contributed by atoms with Crippen molar-refractivity contribution in [1.82, 2.24) is 19.7 Å². The predicted molar refractivity (Wildman–Crippen MR) is 112 cm³/mol. The Balaban J connectivity index is 1.70. The number of aromatic nitrogens is 3. The van der Waals surface area contributed by atoms with Crippen molar-refractivity contribution in [3.63, 3.8) is 0 Å². The highest BCUT2D eigenvalue weighted by Gasteiger charge is 2.37. The van der Waals surface area contributed by atoms with Gasteiger partial charge in [0.1, 0.15) is 23.1 Å². The van der Waals surface area contributed by atoms with Gasteiger partial charge in [0.05, 0.1) is 19.8 Å². The topological polar surface area (TPSA) is 151 Å². The molecule has 2 unspecified atom stereocenters. The summed E-state index contributed by atoms with van der Waals surface area (Å²) in [7, 11) is -2.94. The maximum absolute atomic E-state index is 12.8. The molecule has 174 valence electrons. The lowest BCUT2D eigenvalue weighted by atomic mass is 10.3. The zero-order valence-electron chi connectivity index (χ0n) is 18.1. The van der Waals surface area contributed by atoms with Gasteiger partial charge < -0.3 is 18.9 Å². The number of hydrogen-bond acceptors (Lipinski definition) is 10. The van der Waals surface area contributed by atoms with Crippen LogP contribution in [0.5, 0.6) is 11.8 Å². The predicted octanol–water partition coefficient (Wildman–Crippen LogP) is 1.62. The Hall–Kier alpha value is -3.03. The lowest BCUT2D eigenvalue weighted by Crippen LogP contribution is -2.36. The van der Waals surface area contributed by atoms with Crippen LogP contribution in [0.15, 0.2) is 29.2 Å². The molecule has 1 fully saturated rings. The molecule has 2 aromatic rings. The number of amides is 2. The fraction of sp³-hybridized carbons (Fsp3) is 0.474. The number of benzene rings is 1. The van der Waals surface area contributed by atoms with Crippen LogP contribution in [-0.4, -0.2) is 61.6 Å². The van der Waals surface area contributed by atoms with Gasteiger partial charge >= 0.3 is 12.0 Å². The van der Waals surface area contributed by atoms with Crippen molar-refractivity contribution in [2.75, 3.05) is 25.6 Å². The molecule has 1 aromatic heterocycles. The van der Waals surface area contributed by atoms with Crippen molar-refractivity contribution in [3.8, 4) is 11.8 Å². The second-order valence-corrected chi connectivity index (χ2v) is 8.73. The molecule has 1 saturated heterocycles. The first-order chi connectivity index (χ1) is 15.1. The number of sulfonamides is 1. The largest absolute Gasteiger partial charge is 0.487 e. The third kappa shape index (κ3) is 5.81. The second kappa shape index (κ2) is 9.63. The Morgan fingerprint density at radius 2 is 2.03 bits per heavy atom. The first-order valence-corrected chi connectivity index (χ1v) is 11.3. The van der Waals surface area contributed by atoms with Gasteiger partial charge in [-0.05, 0) is 32.4 Å². The Labute approximate surface area is 185 Å². The molecule has 2 atom stereocenters. The van der Waals surface area contributed by atoms with Crippen LogP contribution < -0.4 is 19.5 Å². The molecule has 0 bridgehead atoms. The molecule has 2 heterocycles. The van der Waals surface area contributed by atoms with Crippen LogP contribution in [0.4, 0.5) is 10.7 Å². The Morgan fingerprint density at radius 1 is 1.28 bits per heavy atom. The molecule has 0 aliphatic carbocycles. The van der Waals surface area contributed by atoms with Gasteiger partial charge in [0.2, 0.25) is 5.95 Å². The van der Waals surface area contributed by atoms with Crippen LogP contribution in [-0.2, 0) is 19.5 Å². The van der Waals surface area contributed by atoms with Crippen molar-refractivity contribution in [2.45, 2.75) is 44.0 Å². The number of urea groups is 1. The summed E-state index contributed by atoms with van der Waals surface area (Å²) in [6.45, 7) is 5.66. The van der Waals surface area contributed by atoms with Crippen molar-refractivity contribution < 1.29 is 32.2 Å². The maximum atomic E-state index is 12.8. The van der Waals surface area contributed by atoms with E-state index < -0.39 is 21.8 Å². The van der Waals surface area contributed by atoms with E-state index in [1.165, 1.54) is 25.3 Å². The number of rotatable bonds is 8. The highest BCUT2D eigenvalue weighted by atomic mass is 32.2. The van der Waals surface area contributed by atoms with Gasteiger partial charge in [0.25, 0.3) is 10.0 Å². The number of nitrogens with zero attached hydrogens (tertiary/aromatic N) is 3. The van der Waals surface area contributed by atoms with Crippen LogP contribution in [0, 0.1) is 6.92 Å². The highest BCUT2D eigenvalue weighted by molar-refractivity contribution is 7.90.